The van der Waals surface area contributed by atoms with Gasteiger partial charge in [-0.1, -0.05) is 17.7 Å². The number of primary amides is 1. The number of hydrogen-bond donors (Lipinski definition) is 2. The minimum Gasteiger partial charge on any atom is -0.497 e. The van der Waals surface area contributed by atoms with E-state index in [1.165, 1.54) is 0 Å². The van der Waals surface area contributed by atoms with Gasteiger partial charge in [0.2, 0.25) is 5.91 Å². The minimum atomic E-state index is -0.232. The average molecular weight is 367 g/mol. The molecule has 1 aromatic rings. The highest BCUT2D eigenvalue weighted by Crippen LogP contribution is 2.23. The zero-order valence-corrected chi connectivity index (χ0v) is 15.7. The largest absolute Gasteiger partial charge is 0.497 e. The van der Waals surface area contributed by atoms with Crippen molar-refractivity contribution in [3.8, 4) is 5.75 Å². The van der Waals surface area contributed by atoms with Crippen molar-refractivity contribution in [3.63, 3.8) is 0 Å². The molecule has 1 unspecified atom stereocenters. The molecule has 0 spiro atoms. The van der Waals surface area contributed by atoms with Gasteiger partial charge in [-0.3, -0.25) is 9.79 Å². The Morgan fingerprint density at radius 1 is 1.52 bits per heavy atom. The van der Waals surface area contributed by atoms with E-state index in [4.69, 9.17) is 22.1 Å². The molecule has 0 aromatic heterocycles. The number of nitrogens with zero attached hydrogens (tertiary/aromatic N) is 2. The number of nitrogens with two attached hydrogens (primary N) is 1. The van der Waals surface area contributed by atoms with E-state index in [1.54, 1.807) is 14.2 Å². The Balaban J connectivity index is 1.87. The van der Waals surface area contributed by atoms with Crippen molar-refractivity contribution in [1.82, 2.24) is 10.2 Å². The van der Waals surface area contributed by atoms with E-state index in [0.29, 0.717) is 17.4 Å². The van der Waals surface area contributed by atoms with Crippen LogP contribution in [0.4, 0.5) is 0 Å². The summed E-state index contributed by atoms with van der Waals surface area (Å²) in [6.45, 7) is 2.49. The van der Waals surface area contributed by atoms with Gasteiger partial charge in [0.25, 0.3) is 0 Å². The highest BCUT2D eigenvalue weighted by atomic mass is 35.5. The molecule has 138 valence electrons. The Bertz CT molecular complexity index is 621. The quantitative estimate of drug-likeness (QED) is 0.596. The highest BCUT2D eigenvalue weighted by Gasteiger charge is 2.23. The number of carbonyl (C=O) groups excluding carboxylic acids is 1. The van der Waals surface area contributed by atoms with Gasteiger partial charge < -0.3 is 20.7 Å². The van der Waals surface area contributed by atoms with Gasteiger partial charge in [-0.25, -0.2) is 0 Å². The van der Waals surface area contributed by atoms with E-state index in [0.717, 1.165) is 56.2 Å². The van der Waals surface area contributed by atoms with Crippen LogP contribution in [0.25, 0.3) is 0 Å². The first-order chi connectivity index (χ1) is 12.0. The fraction of sp³-hybridized carbons (Fsp3) is 0.556. The van der Waals surface area contributed by atoms with Gasteiger partial charge in [-0.15, -0.1) is 0 Å². The van der Waals surface area contributed by atoms with Crippen LogP contribution in [-0.4, -0.2) is 50.6 Å². The number of benzene rings is 1. The van der Waals surface area contributed by atoms with Gasteiger partial charge in [-0.2, -0.15) is 0 Å². The summed E-state index contributed by atoms with van der Waals surface area (Å²) < 4.78 is 5.17. The van der Waals surface area contributed by atoms with Crippen molar-refractivity contribution in [3.05, 3.63) is 28.8 Å². The van der Waals surface area contributed by atoms with Crippen LogP contribution < -0.4 is 15.8 Å². The van der Waals surface area contributed by atoms with Crippen molar-refractivity contribution >= 4 is 23.5 Å². The molecule has 1 aliphatic heterocycles. The van der Waals surface area contributed by atoms with Crippen molar-refractivity contribution in [1.29, 1.82) is 0 Å². The van der Waals surface area contributed by atoms with E-state index in [-0.39, 0.29) is 5.91 Å². The zero-order chi connectivity index (χ0) is 18.2. The van der Waals surface area contributed by atoms with Crippen LogP contribution in [0.15, 0.2) is 23.2 Å². The Kier molecular flexibility index (Phi) is 7.37. The predicted molar refractivity (Wildman–Crippen MR) is 101 cm³/mol. The Hall–Kier alpha value is -1.95. The van der Waals surface area contributed by atoms with Gasteiger partial charge >= 0.3 is 0 Å². The molecule has 1 saturated heterocycles. The number of rotatable bonds is 6. The van der Waals surface area contributed by atoms with Crippen LogP contribution >= 0.6 is 11.6 Å². The molecule has 1 fully saturated rings. The maximum atomic E-state index is 11.2. The smallest absolute Gasteiger partial charge is 0.217 e. The summed E-state index contributed by atoms with van der Waals surface area (Å²) >= 11 is 6.28. The molecule has 6 nitrogen and oxygen atoms in total. The second-order valence-corrected chi connectivity index (χ2v) is 6.71. The van der Waals surface area contributed by atoms with E-state index in [9.17, 15) is 4.79 Å². The number of piperidine rings is 1. The minimum absolute atomic E-state index is 0.232. The number of carbonyl (C=O) groups is 1. The molecule has 1 atom stereocenters. The molecular formula is C18H27ClN4O2. The monoisotopic (exact) mass is 366 g/mol. The van der Waals surface area contributed by atoms with Gasteiger partial charge in [0.05, 0.1) is 7.11 Å². The summed E-state index contributed by atoms with van der Waals surface area (Å²) in [7, 11) is 3.40. The molecule has 0 aliphatic carbocycles. The molecule has 25 heavy (non-hydrogen) atoms. The third kappa shape index (κ3) is 5.81. The standard InChI is InChI=1S/C18H27ClN4O2/c1-21-18(23-9-3-4-13(12-23)10-17(20)24)22-8-7-14-5-6-15(25-2)11-16(14)19/h5-6,11,13H,3-4,7-10,12H2,1-2H3,(H2,20,24)(H,21,22). The number of ether oxygens (including phenoxy) is 1. The predicted octanol–water partition coefficient (Wildman–Crippen LogP) is 2.05. The molecule has 7 heteroatoms. The van der Waals surface area contributed by atoms with Crippen LogP contribution in [0.2, 0.25) is 5.02 Å². The molecular weight excluding hydrogens is 340 g/mol. The maximum absolute atomic E-state index is 11.2. The zero-order valence-electron chi connectivity index (χ0n) is 14.9. The van der Waals surface area contributed by atoms with Crippen LogP contribution in [-0.2, 0) is 11.2 Å². The van der Waals surface area contributed by atoms with E-state index >= 15 is 0 Å². The maximum Gasteiger partial charge on any atom is 0.217 e. The molecule has 3 N–H and O–H groups in total. The Morgan fingerprint density at radius 2 is 2.32 bits per heavy atom. The number of amides is 1. The molecule has 1 aromatic carbocycles. The summed E-state index contributed by atoms with van der Waals surface area (Å²) in [6, 6.07) is 5.72. The summed E-state index contributed by atoms with van der Waals surface area (Å²) in [5.41, 5.74) is 6.40. The van der Waals surface area contributed by atoms with Gasteiger partial charge in [0.1, 0.15) is 5.75 Å². The summed E-state index contributed by atoms with van der Waals surface area (Å²) in [5.74, 6) is 1.69. The number of hydrogen-bond acceptors (Lipinski definition) is 3. The van der Waals surface area contributed by atoms with Crippen LogP contribution in [0.1, 0.15) is 24.8 Å². The number of likely N-dealkylation sites (tertiary alicyclic amines) is 1. The number of methoxy groups -OCH3 is 1. The fourth-order valence-electron chi connectivity index (χ4n) is 3.21. The molecule has 1 amide bonds. The van der Waals surface area contributed by atoms with Crippen LogP contribution in [0.5, 0.6) is 5.75 Å². The van der Waals surface area contributed by atoms with Crippen LogP contribution in [0, 0.1) is 5.92 Å². The molecule has 2 rings (SSSR count). The third-order valence-electron chi connectivity index (χ3n) is 4.46. The lowest BCUT2D eigenvalue weighted by Gasteiger charge is -2.34. The highest BCUT2D eigenvalue weighted by molar-refractivity contribution is 6.31. The number of nitrogens with one attached hydrogen (secondary N) is 1. The van der Waals surface area contributed by atoms with Crippen molar-refractivity contribution < 1.29 is 9.53 Å². The lowest BCUT2D eigenvalue weighted by Crippen LogP contribution is -2.47. The molecule has 0 saturated carbocycles. The van der Waals surface area contributed by atoms with Crippen LogP contribution in [0.3, 0.4) is 0 Å². The van der Waals surface area contributed by atoms with Gasteiger partial charge in [0.15, 0.2) is 5.96 Å². The Morgan fingerprint density at radius 3 is 2.96 bits per heavy atom. The lowest BCUT2D eigenvalue weighted by atomic mass is 9.95. The summed E-state index contributed by atoms with van der Waals surface area (Å²) in [4.78, 5) is 17.7. The topological polar surface area (TPSA) is 80.0 Å². The molecule has 1 aliphatic rings. The van der Waals surface area contributed by atoms with Gasteiger partial charge in [-0.05, 0) is 42.9 Å². The fourth-order valence-corrected chi connectivity index (χ4v) is 3.47. The SMILES string of the molecule is CN=C(NCCc1ccc(OC)cc1Cl)N1CCCC(CC(N)=O)C1. The van der Waals surface area contributed by atoms with Gasteiger partial charge in [0, 0.05) is 38.1 Å². The molecule has 0 radical (unpaired) electrons. The van der Waals surface area contributed by atoms with E-state index < -0.39 is 0 Å². The van der Waals surface area contributed by atoms with Crippen molar-refractivity contribution in [2.45, 2.75) is 25.7 Å². The number of halogens is 1. The van der Waals surface area contributed by atoms with E-state index in [1.807, 2.05) is 18.2 Å². The third-order valence-corrected chi connectivity index (χ3v) is 4.81. The molecule has 1 heterocycles. The Labute approximate surface area is 154 Å². The first kappa shape index (κ1) is 19.4. The van der Waals surface area contributed by atoms with E-state index in [2.05, 4.69) is 15.2 Å². The number of guanidine groups is 1. The number of aliphatic imine (C=N–C) groups is 1. The van der Waals surface area contributed by atoms with Crippen molar-refractivity contribution in [2.24, 2.45) is 16.6 Å². The summed E-state index contributed by atoms with van der Waals surface area (Å²) in [5, 5.41) is 4.09. The summed E-state index contributed by atoms with van der Waals surface area (Å²) in [6.07, 6.45) is 3.32. The normalized spacial score (nSPS) is 18.1. The second kappa shape index (κ2) is 9.51. The first-order valence-corrected chi connectivity index (χ1v) is 8.97. The second-order valence-electron chi connectivity index (χ2n) is 6.31. The average Bonchev–Trinajstić information content (AvgIpc) is 2.59. The molecule has 0 bridgehead atoms. The first-order valence-electron chi connectivity index (χ1n) is 8.59. The lowest BCUT2D eigenvalue weighted by molar-refractivity contribution is -0.119. The van der Waals surface area contributed by atoms with Crippen molar-refractivity contribution in [2.75, 3.05) is 33.8 Å².